The Morgan fingerprint density at radius 1 is 0.951 bits per heavy atom. The van der Waals surface area contributed by atoms with E-state index in [1.54, 1.807) is 25.8 Å². The fourth-order valence-electron chi connectivity index (χ4n) is 5.28. The molecule has 0 spiro atoms. The summed E-state index contributed by atoms with van der Waals surface area (Å²) in [5.74, 6) is 1.22. The first-order valence-corrected chi connectivity index (χ1v) is 14.8. The first kappa shape index (κ1) is 28.9. The van der Waals surface area contributed by atoms with E-state index in [4.69, 9.17) is 18.9 Å². The Hall–Kier alpha value is -3.63. The molecule has 0 radical (unpaired) electrons. The molecule has 1 saturated heterocycles. The van der Waals surface area contributed by atoms with Gasteiger partial charge >= 0.3 is 5.69 Å². The van der Waals surface area contributed by atoms with E-state index >= 15 is 0 Å². The normalized spacial score (nSPS) is 18.9. The minimum absolute atomic E-state index is 0.183. The number of ether oxygens (including phenoxy) is 4. The Morgan fingerprint density at radius 2 is 1.56 bits per heavy atom. The highest BCUT2D eigenvalue weighted by molar-refractivity contribution is 7.98. The van der Waals surface area contributed by atoms with Gasteiger partial charge in [0.2, 0.25) is 0 Å². The summed E-state index contributed by atoms with van der Waals surface area (Å²) in [7, 11) is 1.64. The first-order chi connectivity index (χ1) is 20.0. The van der Waals surface area contributed by atoms with Crippen LogP contribution in [-0.2, 0) is 19.8 Å². The predicted octanol–water partition coefficient (Wildman–Crippen LogP) is 4.86. The smallest absolute Gasteiger partial charge is 0.330 e. The van der Waals surface area contributed by atoms with E-state index in [-0.39, 0.29) is 12.7 Å². The van der Waals surface area contributed by atoms with Crippen LogP contribution >= 0.6 is 11.8 Å². The summed E-state index contributed by atoms with van der Waals surface area (Å²) in [5, 5.41) is 0. The van der Waals surface area contributed by atoms with Crippen molar-refractivity contribution in [3.05, 3.63) is 134 Å². The van der Waals surface area contributed by atoms with Crippen LogP contribution in [0, 0.1) is 6.92 Å². The zero-order chi connectivity index (χ0) is 28.8. The molecule has 5 rings (SSSR count). The van der Waals surface area contributed by atoms with Gasteiger partial charge in [-0.1, -0.05) is 72.8 Å². The summed E-state index contributed by atoms with van der Waals surface area (Å²) in [5.41, 5.74) is 1.39. The molecule has 214 valence electrons. The Morgan fingerprint density at radius 3 is 2.15 bits per heavy atom. The summed E-state index contributed by atoms with van der Waals surface area (Å²) < 4.78 is 26.5. The Kier molecular flexibility index (Phi) is 9.09. The fraction of sp³-hybridized carbons (Fsp3) is 0.312. The third-order valence-electron chi connectivity index (χ3n) is 7.36. The molecule has 1 aliphatic heterocycles. The molecule has 0 amide bonds. The van der Waals surface area contributed by atoms with Crippen molar-refractivity contribution in [2.24, 2.45) is 0 Å². The number of nitrogens with zero attached hydrogens (tertiary/aromatic N) is 1. The number of aromatic nitrogens is 2. The maximum Gasteiger partial charge on any atom is 0.330 e. The minimum atomic E-state index is -0.967. The SMILES string of the molecule is COc1ccc(C(OC[C@H]2O[C@@H](n3cc(C)c(=O)[nH]c3=O)C[C@@H]2OCSC)(c2ccccc2)c2ccccc2)cc1. The van der Waals surface area contributed by atoms with Gasteiger partial charge in [0.15, 0.2) is 0 Å². The molecule has 9 heteroatoms. The van der Waals surface area contributed by atoms with Crippen molar-refractivity contribution in [2.75, 3.05) is 25.9 Å². The molecule has 4 aromatic rings. The summed E-state index contributed by atoms with van der Waals surface area (Å²) >= 11 is 1.57. The molecule has 0 saturated carbocycles. The summed E-state index contributed by atoms with van der Waals surface area (Å²) in [6.07, 6.45) is 2.53. The van der Waals surface area contributed by atoms with Crippen molar-refractivity contribution in [3.63, 3.8) is 0 Å². The molecule has 3 atom stereocenters. The standard InChI is InChI=1S/C32H34N2O6S/c1-22-19-34(31(36)33-30(22)35)29-18-27(38-21-41-3)28(40-29)20-39-32(23-10-6-4-7-11-23,24-12-8-5-9-13-24)25-14-16-26(37-2)17-15-25/h4-17,19,27-29H,18,20-21H2,1-3H3,(H,33,35,36)/t27-,28+,29+/m0/s1. The van der Waals surface area contributed by atoms with Crippen LogP contribution in [0.25, 0.3) is 0 Å². The minimum Gasteiger partial charge on any atom is -0.497 e. The molecule has 8 nitrogen and oxygen atoms in total. The van der Waals surface area contributed by atoms with Gasteiger partial charge in [0.25, 0.3) is 5.56 Å². The van der Waals surface area contributed by atoms with E-state index in [1.165, 1.54) is 10.8 Å². The lowest BCUT2D eigenvalue weighted by Gasteiger charge is -2.37. The Labute approximate surface area is 243 Å². The molecular weight excluding hydrogens is 540 g/mol. The van der Waals surface area contributed by atoms with Crippen molar-refractivity contribution in [2.45, 2.75) is 37.4 Å². The maximum absolute atomic E-state index is 12.7. The summed E-state index contributed by atoms with van der Waals surface area (Å²) in [6.45, 7) is 1.84. The van der Waals surface area contributed by atoms with Gasteiger partial charge in [-0.15, -0.1) is 11.8 Å². The van der Waals surface area contributed by atoms with Gasteiger partial charge in [-0.2, -0.15) is 0 Å². The number of rotatable bonds is 11. The van der Waals surface area contributed by atoms with Crippen molar-refractivity contribution in [1.82, 2.24) is 9.55 Å². The predicted molar refractivity (Wildman–Crippen MR) is 160 cm³/mol. The maximum atomic E-state index is 12.7. The van der Waals surface area contributed by atoms with Crippen molar-refractivity contribution in [1.29, 1.82) is 0 Å². The molecule has 1 aromatic heterocycles. The number of nitrogens with one attached hydrogen (secondary N) is 1. The van der Waals surface area contributed by atoms with E-state index in [2.05, 4.69) is 29.2 Å². The lowest BCUT2D eigenvalue weighted by atomic mass is 9.80. The monoisotopic (exact) mass is 574 g/mol. The van der Waals surface area contributed by atoms with E-state index in [0.29, 0.717) is 17.9 Å². The van der Waals surface area contributed by atoms with E-state index < -0.39 is 29.2 Å². The van der Waals surface area contributed by atoms with Gasteiger partial charge in [-0.3, -0.25) is 14.3 Å². The third-order valence-corrected chi connectivity index (χ3v) is 7.73. The second-order valence-electron chi connectivity index (χ2n) is 9.91. The third kappa shape index (κ3) is 6.04. The Balaban J connectivity index is 1.54. The number of aryl methyl sites for hydroxylation is 1. The van der Waals surface area contributed by atoms with Gasteiger partial charge in [-0.05, 0) is 42.0 Å². The van der Waals surface area contributed by atoms with Crippen LogP contribution in [0.1, 0.15) is 34.9 Å². The number of methoxy groups -OCH3 is 1. The molecule has 0 aliphatic carbocycles. The van der Waals surface area contributed by atoms with Crippen molar-refractivity contribution < 1.29 is 18.9 Å². The highest BCUT2D eigenvalue weighted by atomic mass is 32.2. The fourth-order valence-corrected chi connectivity index (χ4v) is 5.59. The zero-order valence-corrected chi connectivity index (χ0v) is 24.1. The molecule has 0 unspecified atom stereocenters. The summed E-state index contributed by atoms with van der Waals surface area (Å²) in [4.78, 5) is 27.0. The average molecular weight is 575 g/mol. The zero-order valence-electron chi connectivity index (χ0n) is 23.3. The molecule has 2 heterocycles. The second-order valence-corrected chi connectivity index (χ2v) is 10.7. The lowest BCUT2D eigenvalue weighted by Crippen LogP contribution is -2.38. The van der Waals surface area contributed by atoms with Gasteiger partial charge < -0.3 is 18.9 Å². The van der Waals surface area contributed by atoms with Crippen LogP contribution in [0.4, 0.5) is 0 Å². The number of aromatic amines is 1. The number of hydrogen-bond donors (Lipinski definition) is 1. The van der Waals surface area contributed by atoms with E-state index in [1.807, 2.05) is 66.9 Å². The summed E-state index contributed by atoms with van der Waals surface area (Å²) in [6, 6.07) is 28.1. The molecule has 41 heavy (non-hydrogen) atoms. The first-order valence-electron chi connectivity index (χ1n) is 13.4. The average Bonchev–Trinajstić information content (AvgIpc) is 3.42. The van der Waals surface area contributed by atoms with Crippen molar-refractivity contribution >= 4 is 11.8 Å². The molecule has 3 aromatic carbocycles. The Bertz CT molecular complexity index is 1500. The number of thioether (sulfide) groups is 1. The molecule has 1 fully saturated rings. The molecule has 1 N–H and O–H groups in total. The number of benzene rings is 3. The van der Waals surface area contributed by atoms with Crippen LogP contribution in [0.5, 0.6) is 5.75 Å². The van der Waals surface area contributed by atoms with Crippen LogP contribution in [-0.4, -0.2) is 47.7 Å². The second kappa shape index (κ2) is 12.9. The van der Waals surface area contributed by atoms with Crippen LogP contribution < -0.4 is 16.0 Å². The molecule has 1 aliphatic rings. The van der Waals surface area contributed by atoms with E-state index in [9.17, 15) is 9.59 Å². The van der Waals surface area contributed by atoms with Crippen LogP contribution in [0.15, 0.2) is 101 Å². The molecule has 0 bridgehead atoms. The van der Waals surface area contributed by atoms with Gasteiger partial charge in [0.1, 0.15) is 23.7 Å². The lowest BCUT2D eigenvalue weighted by molar-refractivity contribution is -0.100. The molecular formula is C32H34N2O6S. The number of H-pyrrole nitrogens is 1. The van der Waals surface area contributed by atoms with Crippen molar-refractivity contribution in [3.8, 4) is 5.75 Å². The highest BCUT2D eigenvalue weighted by Gasteiger charge is 2.43. The van der Waals surface area contributed by atoms with Gasteiger partial charge in [0, 0.05) is 18.2 Å². The quantitative estimate of drug-likeness (QED) is 0.202. The largest absolute Gasteiger partial charge is 0.497 e. The van der Waals surface area contributed by atoms with Crippen LogP contribution in [0.3, 0.4) is 0 Å². The van der Waals surface area contributed by atoms with Crippen LogP contribution in [0.2, 0.25) is 0 Å². The topological polar surface area (TPSA) is 91.8 Å². The van der Waals surface area contributed by atoms with Gasteiger partial charge in [-0.25, -0.2) is 4.79 Å². The van der Waals surface area contributed by atoms with E-state index in [0.717, 1.165) is 22.4 Å². The number of hydrogen-bond acceptors (Lipinski definition) is 7. The van der Waals surface area contributed by atoms with Gasteiger partial charge in [0.05, 0.1) is 25.8 Å². The highest BCUT2D eigenvalue weighted by Crippen LogP contribution is 2.42.